The predicted molar refractivity (Wildman–Crippen MR) is 135 cm³/mol. The second kappa shape index (κ2) is 14.1. The van der Waals surface area contributed by atoms with Crippen LogP contribution in [-0.2, 0) is 32.0 Å². The molecule has 2 aromatic rings. The third-order valence-corrected chi connectivity index (χ3v) is 6.09. The van der Waals surface area contributed by atoms with Crippen LogP contribution in [0.5, 0.6) is 0 Å². The Balaban J connectivity index is 2.15. The minimum Gasteiger partial charge on any atom is -0.480 e. The van der Waals surface area contributed by atoms with E-state index in [-0.39, 0.29) is 18.8 Å². The summed E-state index contributed by atoms with van der Waals surface area (Å²) in [6.07, 6.45) is 2.25. The Kier molecular flexibility index (Phi) is 11.2. The van der Waals surface area contributed by atoms with Gasteiger partial charge in [-0.25, -0.2) is 9.78 Å². The van der Waals surface area contributed by atoms with Crippen LogP contribution in [0, 0.1) is 5.92 Å². The number of carbonyl (C=O) groups excluding carboxylic acids is 3. The summed E-state index contributed by atoms with van der Waals surface area (Å²) in [4.78, 5) is 57.3. The molecule has 12 heteroatoms. The molecule has 0 fully saturated rings. The summed E-state index contributed by atoms with van der Waals surface area (Å²) >= 11 is 0. The Labute approximate surface area is 215 Å². The van der Waals surface area contributed by atoms with Gasteiger partial charge in [0.1, 0.15) is 18.1 Å². The highest BCUT2D eigenvalue weighted by Gasteiger charge is 2.33. The lowest BCUT2D eigenvalue weighted by molar-refractivity contribution is -0.144. The number of H-pyrrole nitrogens is 1. The van der Waals surface area contributed by atoms with E-state index in [0.29, 0.717) is 12.1 Å². The fourth-order valence-electron chi connectivity index (χ4n) is 3.65. The number of aromatic nitrogens is 2. The molecule has 0 spiro atoms. The molecule has 0 aliphatic heterocycles. The average molecular weight is 517 g/mol. The van der Waals surface area contributed by atoms with Gasteiger partial charge < -0.3 is 36.9 Å². The zero-order chi connectivity index (χ0) is 27.5. The van der Waals surface area contributed by atoms with Gasteiger partial charge in [0, 0.05) is 18.3 Å². The van der Waals surface area contributed by atoms with Crippen molar-refractivity contribution in [2.45, 2.75) is 70.3 Å². The number of amides is 3. The molecule has 0 saturated heterocycles. The first kappa shape index (κ1) is 29.5. The second-order valence-electron chi connectivity index (χ2n) is 9.08. The van der Waals surface area contributed by atoms with Gasteiger partial charge in [0.15, 0.2) is 0 Å². The molecule has 3 amide bonds. The summed E-state index contributed by atoms with van der Waals surface area (Å²) in [5.74, 6) is -3.77. The molecule has 2 rings (SSSR count). The third-order valence-electron chi connectivity index (χ3n) is 6.09. The smallest absolute Gasteiger partial charge is 0.326 e. The van der Waals surface area contributed by atoms with Crippen LogP contribution in [0.15, 0.2) is 42.9 Å². The lowest BCUT2D eigenvalue weighted by Gasteiger charge is -2.27. The number of rotatable bonds is 14. The fraction of sp³-hybridized carbons (Fsp3) is 0.480. The number of hydrogen-bond acceptors (Lipinski definition) is 7. The van der Waals surface area contributed by atoms with Gasteiger partial charge in [0.25, 0.3) is 0 Å². The highest BCUT2D eigenvalue weighted by molar-refractivity contribution is 5.94. The first-order chi connectivity index (χ1) is 17.5. The molecule has 0 saturated carbocycles. The summed E-state index contributed by atoms with van der Waals surface area (Å²) in [5, 5.41) is 27.2. The Morgan fingerprint density at radius 2 is 1.62 bits per heavy atom. The standard InChI is InChI=1S/C25H36N6O6/c1-4-14(2)20(25(36)37)30-23(34)19(11-17-12-27-13-28-17)29-24(35)21(15(3)32)31-22(33)18(26)10-16-8-6-5-7-9-16/h5-9,12-15,18-21,32H,4,10-11,26H2,1-3H3,(H,27,28)(H,29,35)(H,30,34)(H,31,33)(H,36,37). The minimum absolute atomic E-state index is 0.0293. The van der Waals surface area contributed by atoms with Gasteiger partial charge in [0.05, 0.1) is 18.5 Å². The van der Waals surface area contributed by atoms with Gasteiger partial charge in [0.2, 0.25) is 17.7 Å². The summed E-state index contributed by atoms with van der Waals surface area (Å²) in [6.45, 7) is 4.81. The molecule has 0 aliphatic rings. The number of carboxylic acids is 1. The van der Waals surface area contributed by atoms with Crippen molar-refractivity contribution in [2.75, 3.05) is 0 Å². The molecule has 6 unspecified atom stereocenters. The van der Waals surface area contributed by atoms with Crippen molar-refractivity contribution < 1.29 is 29.4 Å². The molecular weight excluding hydrogens is 480 g/mol. The maximum Gasteiger partial charge on any atom is 0.326 e. The molecule has 6 atom stereocenters. The van der Waals surface area contributed by atoms with Gasteiger partial charge in [-0.2, -0.15) is 0 Å². The number of nitrogens with zero attached hydrogens (tertiary/aromatic N) is 1. The van der Waals surface area contributed by atoms with Crippen LogP contribution < -0.4 is 21.7 Å². The SMILES string of the molecule is CCC(C)C(NC(=O)C(Cc1cnc[nH]1)NC(=O)C(NC(=O)C(N)Cc1ccccc1)C(C)O)C(=O)O. The first-order valence-corrected chi connectivity index (χ1v) is 12.1. The van der Waals surface area contributed by atoms with Crippen LogP contribution in [0.1, 0.15) is 38.4 Å². The molecule has 1 aromatic heterocycles. The number of nitrogens with one attached hydrogen (secondary N) is 4. The normalized spacial score (nSPS) is 15.9. The van der Waals surface area contributed by atoms with E-state index in [0.717, 1.165) is 5.56 Å². The number of imidazole rings is 1. The van der Waals surface area contributed by atoms with Gasteiger partial charge in [-0.15, -0.1) is 0 Å². The fourth-order valence-corrected chi connectivity index (χ4v) is 3.65. The molecule has 1 heterocycles. The zero-order valence-corrected chi connectivity index (χ0v) is 21.2. The van der Waals surface area contributed by atoms with Crippen LogP contribution in [-0.4, -0.2) is 74.1 Å². The first-order valence-electron chi connectivity index (χ1n) is 12.1. The number of benzene rings is 1. The number of nitrogens with two attached hydrogens (primary N) is 1. The minimum atomic E-state index is -1.41. The van der Waals surface area contributed by atoms with E-state index >= 15 is 0 Å². The number of carbonyl (C=O) groups is 4. The molecule has 1 aromatic carbocycles. The van der Waals surface area contributed by atoms with Crippen LogP contribution in [0.4, 0.5) is 0 Å². The highest BCUT2D eigenvalue weighted by atomic mass is 16.4. The predicted octanol–water partition coefficient (Wildman–Crippen LogP) is -0.512. The summed E-state index contributed by atoms with van der Waals surface area (Å²) in [6, 6.07) is 4.32. The number of aliphatic carboxylic acids is 1. The van der Waals surface area contributed by atoms with Crippen molar-refractivity contribution in [2.24, 2.45) is 11.7 Å². The number of aromatic amines is 1. The molecule has 0 radical (unpaired) electrons. The Hall–Kier alpha value is -3.77. The molecule has 12 nitrogen and oxygen atoms in total. The molecule has 8 N–H and O–H groups in total. The van der Waals surface area contributed by atoms with Crippen LogP contribution in [0.2, 0.25) is 0 Å². The van der Waals surface area contributed by atoms with E-state index in [4.69, 9.17) is 5.73 Å². The lowest BCUT2D eigenvalue weighted by Crippen LogP contribution is -2.60. The Morgan fingerprint density at radius 3 is 2.16 bits per heavy atom. The summed E-state index contributed by atoms with van der Waals surface area (Å²) in [7, 11) is 0. The number of carboxylic acid groups (broad SMARTS) is 1. The molecular formula is C25H36N6O6. The van der Waals surface area contributed by atoms with Gasteiger partial charge in [-0.1, -0.05) is 50.6 Å². The average Bonchev–Trinajstić information content (AvgIpc) is 3.37. The number of aliphatic hydroxyl groups excluding tert-OH is 1. The maximum atomic E-state index is 13.1. The van der Waals surface area contributed by atoms with E-state index in [2.05, 4.69) is 25.9 Å². The van der Waals surface area contributed by atoms with Crippen molar-refractivity contribution in [3.63, 3.8) is 0 Å². The topological polar surface area (TPSA) is 200 Å². The summed E-state index contributed by atoms with van der Waals surface area (Å²) < 4.78 is 0. The number of hydrogen-bond donors (Lipinski definition) is 7. The van der Waals surface area contributed by atoms with E-state index < -0.39 is 54.0 Å². The van der Waals surface area contributed by atoms with Crippen molar-refractivity contribution in [3.05, 3.63) is 54.1 Å². The monoisotopic (exact) mass is 516 g/mol. The molecule has 0 bridgehead atoms. The van der Waals surface area contributed by atoms with Gasteiger partial charge in [-0.05, 0) is 24.8 Å². The Bertz CT molecular complexity index is 1030. The molecule has 202 valence electrons. The van der Waals surface area contributed by atoms with Crippen LogP contribution >= 0.6 is 0 Å². The van der Waals surface area contributed by atoms with Crippen molar-refractivity contribution in [1.82, 2.24) is 25.9 Å². The maximum absolute atomic E-state index is 13.1. The highest BCUT2D eigenvalue weighted by Crippen LogP contribution is 2.10. The quantitative estimate of drug-likeness (QED) is 0.174. The van der Waals surface area contributed by atoms with Gasteiger partial charge >= 0.3 is 5.97 Å². The second-order valence-corrected chi connectivity index (χ2v) is 9.08. The van der Waals surface area contributed by atoms with Crippen molar-refractivity contribution in [1.29, 1.82) is 0 Å². The van der Waals surface area contributed by atoms with E-state index in [1.54, 1.807) is 13.8 Å². The Morgan fingerprint density at radius 1 is 0.973 bits per heavy atom. The third kappa shape index (κ3) is 8.99. The van der Waals surface area contributed by atoms with E-state index in [1.165, 1.54) is 19.4 Å². The lowest BCUT2D eigenvalue weighted by atomic mass is 9.98. The van der Waals surface area contributed by atoms with E-state index in [1.807, 2.05) is 30.3 Å². The molecule has 37 heavy (non-hydrogen) atoms. The van der Waals surface area contributed by atoms with Crippen LogP contribution in [0.25, 0.3) is 0 Å². The van der Waals surface area contributed by atoms with Crippen molar-refractivity contribution in [3.8, 4) is 0 Å². The van der Waals surface area contributed by atoms with Crippen LogP contribution in [0.3, 0.4) is 0 Å². The zero-order valence-electron chi connectivity index (χ0n) is 21.2. The molecule has 0 aliphatic carbocycles. The summed E-state index contributed by atoms with van der Waals surface area (Å²) in [5.41, 5.74) is 7.35. The van der Waals surface area contributed by atoms with E-state index in [9.17, 15) is 29.4 Å². The largest absolute Gasteiger partial charge is 0.480 e. The van der Waals surface area contributed by atoms with Gasteiger partial charge in [-0.3, -0.25) is 14.4 Å². The number of aliphatic hydroxyl groups is 1. The van der Waals surface area contributed by atoms with Crippen molar-refractivity contribution >= 4 is 23.7 Å².